The van der Waals surface area contributed by atoms with Gasteiger partial charge in [0.1, 0.15) is 11.5 Å². The summed E-state index contributed by atoms with van der Waals surface area (Å²) in [4.78, 5) is 17.5. The van der Waals surface area contributed by atoms with Crippen LogP contribution in [0.1, 0.15) is 30.4 Å². The first kappa shape index (κ1) is 16.6. The van der Waals surface area contributed by atoms with Gasteiger partial charge in [-0.3, -0.25) is 4.79 Å². The molecule has 0 spiro atoms. The van der Waals surface area contributed by atoms with Gasteiger partial charge >= 0.3 is 0 Å². The number of nitrogens with zero attached hydrogens (tertiary/aromatic N) is 3. The zero-order chi connectivity index (χ0) is 17.3. The molecule has 0 aliphatic heterocycles. The van der Waals surface area contributed by atoms with Crippen LogP contribution in [0.25, 0.3) is 16.2 Å². The third-order valence-electron chi connectivity index (χ3n) is 3.90. The van der Waals surface area contributed by atoms with Crippen molar-refractivity contribution >= 4 is 28.6 Å². The second-order valence-electron chi connectivity index (χ2n) is 6.03. The zero-order valence-corrected chi connectivity index (χ0v) is 14.7. The molecule has 0 aliphatic carbocycles. The van der Waals surface area contributed by atoms with Crippen LogP contribution in [0.15, 0.2) is 30.5 Å². The molecule has 0 unspecified atom stereocenters. The van der Waals surface area contributed by atoms with Gasteiger partial charge in [0.15, 0.2) is 11.4 Å². The molecule has 1 atom stereocenters. The Morgan fingerprint density at radius 2 is 2.12 bits per heavy atom. The van der Waals surface area contributed by atoms with Crippen LogP contribution in [-0.2, 0) is 0 Å². The van der Waals surface area contributed by atoms with Gasteiger partial charge in [-0.1, -0.05) is 13.8 Å². The Morgan fingerprint density at radius 1 is 1.33 bits per heavy atom. The number of Topliss-reactive ketones (excluding diaryl/α,β-unsaturated/α-hetero) is 1. The van der Waals surface area contributed by atoms with Gasteiger partial charge in [-0.05, 0) is 37.1 Å². The number of thiophene rings is 1. The molecule has 0 radical (unpaired) electrons. The molecule has 0 bridgehead atoms. The number of aromatic nitrogens is 3. The summed E-state index contributed by atoms with van der Waals surface area (Å²) in [5.41, 5.74) is 1.58. The van der Waals surface area contributed by atoms with E-state index in [2.05, 4.69) is 15.4 Å². The van der Waals surface area contributed by atoms with Crippen LogP contribution in [-0.4, -0.2) is 38.1 Å². The van der Waals surface area contributed by atoms with Gasteiger partial charge in [0.05, 0.1) is 28.6 Å². The monoisotopic (exact) mass is 344 g/mol. The molecular formula is C17H20N4O2S. The standard InChI is InChI=1S/C17H20N4O2S/c1-10(2)12(9-22)19-16-6-7-17-18-8-13(21(17)20-16)15-5-4-14(24-15)11(3)23/h4-8,10,12,22H,9H2,1-3H3,(H,19,20)/t12-/m1/s1. The van der Waals surface area contributed by atoms with Crippen molar-refractivity contribution in [1.29, 1.82) is 0 Å². The Labute approximate surface area is 144 Å². The van der Waals surface area contributed by atoms with Crippen LogP contribution in [0.5, 0.6) is 0 Å². The first-order chi connectivity index (χ1) is 11.5. The Hall–Kier alpha value is -2.25. The SMILES string of the molecule is CC(=O)c1ccc(-c2cnc3ccc(N[C@H](CO)C(C)C)nn23)s1. The van der Waals surface area contributed by atoms with Gasteiger partial charge in [0, 0.05) is 0 Å². The molecule has 0 fully saturated rings. The second-order valence-corrected chi connectivity index (χ2v) is 7.11. The molecule has 3 heterocycles. The number of aliphatic hydroxyl groups is 1. The zero-order valence-electron chi connectivity index (χ0n) is 13.9. The number of hydrogen-bond donors (Lipinski definition) is 2. The predicted molar refractivity (Wildman–Crippen MR) is 95.6 cm³/mol. The highest BCUT2D eigenvalue weighted by atomic mass is 32.1. The summed E-state index contributed by atoms with van der Waals surface area (Å²) in [6.45, 7) is 5.69. The Kier molecular flexibility index (Phi) is 4.64. The van der Waals surface area contributed by atoms with Crippen LogP contribution in [0.4, 0.5) is 5.82 Å². The first-order valence-electron chi connectivity index (χ1n) is 7.83. The molecule has 7 heteroatoms. The lowest BCUT2D eigenvalue weighted by atomic mass is 10.1. The molecule has 0 aromatic carbocycles. The molecular weight excluding hydrogens is 324 g/mol. The fourth-order valence-electron chi connectivity index (χ4n) is 2.40. The third kappa shape index (κ3) is 3.18. The van der Waals surface area contributed by atoms with Gasteiger partial charge < -0.3 is 10.4 Å². The van der Waals surface area contributed by atoms with E-state index in [1.54, 1.807) is 17.6 Å². The molecule has 3 aromatic heterocycles. The number of carbonyl (C=O) groups excluding carboxylic acids is 1. The van der Waals surface area contributed by atoms with E-state index in [0.717, 1.165) is 21.1 Å². The highest BCUT2D eigenvalue weighted by Crippen LogP contribution is 2.29. The molecule has 0 aliphatic rings. The van der Waals surface area contributed by atoms with Gasteiger partial charge in [0.25, 0.3) is 0 Å². The number of imidazole rings is 1. The molecule has 126 valence electrons. The number of nitrogens with one attached hydrogen (secondary N) is 1. The summed E-state index contributed by atoms with van der Waals surface area (Å²) in [6, 6.07) is 7.41. The van der Waals surface area contributed by atoms with E-state index in [1.807, 2.05) is 38.1 Å². The average molecular weight is 344 g/mol. The molecule has 24 heavy (non-hydrogen) atoms. The summed E-state index contributed by atoms with van der Waals surface area (Å²) in [6.07, 6.45) is 1.76. The van der Waals surface area contributed by atoms with Crippen LogP contribution < -0.4 is 5.32 Å². The summed E-state index contributed by atoms with van der Waals surface area (Å²) < 4.78 is 1.76. The fourth-order valence-corrected chi connectivity index (χ4v) is 3.29. The molecule has 2 N–H and O–H groups in total. The maximum Gasteiger partial charge on any atom is 0.169 e. The predicted octanol–water partition coefficient (Wildman–Crippen LogP) is 3.09. The van der Waals surface area contributed by atoms with E-state index in [9.17, 15) is 9.90 Å². The number of rotatable bonds is 6. The van der Waals surface area contributed by atoms with Crippen molar-refractivity contribution in [2.45, 2.75) is 26.8 Å². The summed E-state index contributed by atoms with van der Waals surface area (Å²) >= 11 is 1.43. The molecule has 3 aromatic rings. The van der Waals surface area contributed by atoms with Gasteiger partial charge in [0.2, 0.25) is 0 Å². The smallest absolute Gasteiger partial charge is 0.169 e. The lowest BCUT2D eigenvalue weighted by Gasteiger charge is -2.20. The van der Waals surface area contributed by atoms with E-state index >= 15 is 0 Å². The number of carbonyl (C=O) groups is 1. The minimum absolute atomic E-state index is 0.0427. The lowest BCUT2D eigenvalue weighted by Crippen LogP contribution is -2.30. The van der Waals surface area contributed by atoms with Crippen molar-refractivity contribution in [3.05, 3.63) is 35.3 Å². The third-order valence-corrected chi connectivity index (χ3v) is 5.11. The summed E-state index contributed by atoms with van der Waals surface area (Å²) in [7, 11) is 0. The molecule has 3 rings (SSSR count). The van der Waals surface area contributed by atoms with Crippen LogP contribution in [0.3, 0.4) is 0 Å². The maximum atomic E-state index is 11.5. The molecule has 0 amide bonds. The normalized spacial score (nSPS) is 12.7. The van der Waals surface area contributed by atoms with E-state index in [4.69, 9.17) is 0 Å². The van der Waals surface area contributed by atoms with E-state index in [0.29, 0.717) is 5.82 Å². The molecule has 6 nitrogen and oxygen atoms in total. The van der Waals surface area contributed by atoms with E-state index in [1.165, 1.54) is 11.3 Å². The fraction of sp³-hybridized carbons (Fsp3) is 0.353. The van der Waals surface area contributed by atoms with Crippen LogP contribution in [0.2, 0.25) is 0 Å². The van der Waals surface area contributed by atoms with Gasteiger partial charge in [-0.2, -0.15) is 0 Å². The highest BCUT2D eigenvalue weighted by molar-refractivity contribution is 7.17. The van der Waals surface area contributed by atoms with Crippen molar-refractivity contribution in [2.24, 2.45) is 5.92 Å². The number of hydrogen-bond acceptors (Lipinski definition) is 6. The van der Waals surface area contributed by atoms with Crippen molar-refractivity contribution in [2.75, 3.05) is 11.9 Å². The van der Waals surface area contributed by atoms with E-state index in [-0.39, 0.29) is 24.3 Å². The lowest BCUT2D eigenvalue weighted by molar-refractivity contribution is 0.102. The Bertz CT molecular complexity index is 868. The second kappa shape index (κ2) is 6.70. The summed E-state index contributed by atoms with van der Waals surface area (Å²) in [5, 5.41) is 17.3. The van der Waals surface area contributed by atoms with Crippen molar-refractivity contribution in [1.82, 2.24) is 14.6 Å². The minimum Gasteiger partial charge on any atom is -0.394 e. The number of fused-ring (bicyclic) bond motifs is 1. The number of ketones is 1. The average Bonchev–Trinajstić information content (AvgIpc) is 3.18. The molecule has 0 saturated carbocycles. The van der Waals surface area contributed by atoms with Gasteiger partial charge in [-0.15, -0.1) is 16.4 Å². The minimum atomic E-state index is -0.0621. The topological polar surface area (TPSA) is 79.5 Å². The van der Waals surface area contributed by atoms with E-state index < -0.39 is 0 Å². The number of aliphatic hydroxyl groups excluding tert-OH is 1. The van der Waals surface area contributed by atoms with Crippen LogP contribution >= 0.6 is 11.3 Å². The summed E-state index contributed by atoms with van der Waals surface area (Å²) in [5.74, 6) is 1.01. The quantitative estimate of drug-likeness (QED) is 0.672. The Balaban J connectivity index is 1.97. The molecule has 0 saturated heterocycles. The Morgan fingerprint density at radius 3 is 2.75 bits per heavy atom. The highest BCUT2D eigenvalue weighted by Gasteiger charge is 2.15. The van der Waals surface area contributed by atoms with Crippen molar-refractivity contribution in [3.63, 3.8) is 0 Å². The van der Waals surface area contributed by atoms with Crippen LogP contribution in [0, 0.1) is 5.92 Å². The first-order valence-corrected chi connectivity index (χ1v) is 8.64. The maximum absolute atomic E-state index is 11.5. The number of anilines is 1. The van der Waals surface area contributed by atoms with Crippen molar-refractivity contribution < 1.29 is 9.90 Å². The van der Waals surface area contributed by atoms with Crippen molar-refractivity contribution in [3.8, 4) is 10.6 Å². The largest absolute Gasteiger partial charge is 0.394 e. The van der Waals surface area contributed by atoms with Gasteiger partial charge in [-0.25, -0.2) is 9.50 Å².